The van der Waals surface area contributed by atoms with E-state index in [-0.39, 0.29) is 27.7 Å². The molecule has 0 fully saturated rings. The molecule has 38 heavy (non-hydrogen) atoms. The van der Waals surface area contributed by atoms with Crippen molar-refractivity contribution in [1.82, 2.24) is 5.32 Å². The van der Waals surface area contributed by atoms with Gasteiger partial charge in [0, 0.05) is 16.2 Å². The fourth-order valence-electron chi connectivity index (χ4n) is 4.22. The molecule has 11 heteroatoms. The van der Waals surface area contributed by atoms with E-state index in [1.54, 1.807) is 32.9 Å². The van der Waals surface area contributed by atoms with Crippen LogP contribution in [0, 0.1) is 0 Å². The Hall–Kier alpha value is -2.24. The lowest BCUT2D eigenvalue weighted by Crippen LogP contribution is -2.31. The number of sulfone groups is 1. The summed E-state index contributed by atoms with van der Waals surface area (Å²) in [6, 6.07) is 8.01. The van der Waals surface area contributed by atoms with E-state index in [2.05, 4.69) is 5.32 Å². The molecule has 0 saturated heterocycles. The monoisotopic (exact) mass is 573 g/mol. The number of nitrogens with one attached hydrogen (secondary N) is 1. The van der Waals surface area contributed by atoms with Crippen LogP contribution in [0.25, 0.3) is 0 Å². The molecule has 1 N–H and O–H groups in total. The van der Waals surface area contributed by atoms with Gasteiger partial charge in [-0.05, 0) is 75.4 Å². The third-order valence-electron chi connectivity index (χ3n) is 5.69. The quantitative estimate of drug-likeness (QED) is 0.278. The fraction of sp³-hybridized carbons (Fsp3) is 0.519. The maximum atomic E-state index is 13.5. The summed E-state index contributed by atoms with van der Waals surface area (Å²) in [5.41, 5.74) is 0.0851. The van der Waals surface area contributed by atoms with Gasteiger partial charge in [0.1, 0.15) is 17.2 Å². The molecule has 0 bridgehead atoms. The lowest BCUT2D eigenvalue weighted by molar-refractivity contribution is -0.157. The summed E-state index contributed by atoms with van der Waals surface area (Å²) in [6.07, 6.45) is -2.58. The summed E-state index contributed by atoms with van der Waals surface area (Å²) in [5, 5.41) is 3.02. The molecule has 0 aromatic heterocycles. The molecule has 0 heterocycles. The predicted molar refractivity (Wildman–Crippen MR) is 141 cm³/mol. The topological polar surface area (TPSA) is 81.7 Å². The zero-order chi connectivity index (χ0) is 28.3. The second-order valence-corrected chi connectivity index (χ2v) is 14.1. The van der Waals surface area contributed by atoms with Crippen LogP contribution in [0.3, 0.4) is 0 Å². The van der Waals surface area contributed by atoms with Crippen LogP contribution in [0.5, 0.6) is 5.75 Å². The highest BCUT2D eigenvalue weighted by Crippen LogP contribution is 2.37. The van der Waals surface area contributed by atoms with Gasteiger partial charge in [0.05, 0.1) is 10.5 Å². The van der Waals surface area contributed by atoms with Gasteiger partial charge in [-0.3, -0.25) is 5.32 Å². The number of halogens is 3. The van der Waals surface area contributed by atoms with Gasteiger partial charge >= 0.3 is 12.1 Å². The summed E-state index contributed by atoms with van der Waals surface area (Å²) in [5.74, 6) is -0.494. The van der Waals surface area contributed by atoms with Crippen LogP contribution in [0.4, 0.5) is 13.2 Å². The molecule has 0 radical (unpaired) electrons. The summed E-state index contributed by atoms with van der Waals surface area (Å²) in [4.78, 5) is 12.0. The number of alkyl halides is 3. The number of carbonyl (C=O) groups is 1. The molecule has 2 aromatic carbocycles. The number of ether oxygens (including phenoxy) is 2. The van der Waals surface area contributed by atoms with Crippen molar-refractivity contribution in [3.05, 3.63) is 53.1 Å². The number of esters is 1. The van der Waals surface area contributed by atoms with Crippen LogP contribution in [-0.2, 0) is 32.0 Å². The van der Waals surface area contributed by atoms with Gasteiger partial charge in [-0.15, -0.1) is 11.8 Å². The standard InChI is InChI=1S/C27H34F3NO5S2/c1-17(2)37-19-12-18(27(28,29)30)13-20(14-19)38(33,34)16-31-23-10-6-9-22-21(23)8-7-11-24(22)35-15-25(32)36-26(3,4)5/h7-8,11-14,17,23,31H,6,9-10,15-16H2,1-5H3/t23-/m1/s1. The number of hydrogen-bond donors (Lipinski definition) is 1. The molecular formula is C27H34F3NO5S2. The third kappa shape index (κ3) is 8.38. The molecule has 0 spiro atoms. The Morgan fingerprint density at radius 2 is 1.87 bits per heavy atom. The minimum atomic E-state index is -4.66. The van der Waals surface area contributed by atoms with Crippen LogP contribution in [0.15, 0.2) is 46.2 Å². The molecule has 210 valence electrons. The van der Waals surface area contributed by atoms with E-state index < -0.39 is 39.0 Å². The normalized spacial score (nSPS) is 16.3. The molecular weight excluding hydrogens is 539 g/mol. The number of thioether (sulfide) groups is 1. The Bertz CT molecular complexity index is 1250. The summed E-state index contributed by atoms with van der Waals surface area (Å²) >= 11 is 1.18. The number of benzene rings is 2. The summed E-state index contributed by atoms with van der Waals surface area (Å²) < 4.78 is 77.8. The number of fused-ring (bicyclic) bond motifs is 1. The highest BCUT2D eigenvalue weighted by atomic mass is 32.2. The van der Waals surface area contributed by atoms with Crippen molar-refractivity contribution in [3.8, 4) is 5.75 Å². The fourth-order valence-corrected chi connectivity index (χ4v) is 6.43. The lowest BCUT2D eigenvalue weighted by atomic mass is 9.87. The molecule has 0 amide bonds. The van der Waals surface area contributed by atoms with Crippen molar-refractivity contribution in [3.63, 3.8) is 0 Å². The van der Waals surface area contributed by atoms with Gasteiger partial charge in [0.15, 0.2) is 16.4 Å². The molecule has 6 nitrogen and oxygen atoms in total. The van der Waals surface area contributed by atoms with Gasteiger partial charge in [-0.2, -0.15) is 13.2 Å². The minimum Gasteiger partial charge on any atom is -0.482 e. The zero-order valence-electron chi connectivity index (χ0n) is 22.1. The number of rotatable bonds is 9. The van der Waals surface area contributed by atoms with Crippen molar-refractivity contribution in [2.45, 2.75) is 86.7 Å². The van der Waals surface area contributed by atoms with Crippen LogP contribution in [0.1, 0.15) is 70.2 Å². The van der Waals surface area contributed by atoms with E-state index in [0.29, 0.717) is 24.7 Å². The van der Waals surface area contributed by atoms with E-state index in [9.17, 15) is 26.4 Å². The predicted octanol–water partition coefficient (Wildman–Crippen LogP) is 6.32. The Labute approximate surface area is 226 Å². The highest BCUT2D eigenvalue weighted by Gasteiger charge is 2.33. The highest BCUT2D eigenvalue weighted by molar-refractivity contribution is 8.00. The smallest absolute Gasteiger partial charge is 0.416 e. The van der Waals surface area contributed by atoms with Crippen LogP contribution < -0.4 is 10.1 Å². The van der Waals surface area contributed by atoms with Gasteiger partial charge in [-0.1, -0.05) is 26.0 Å². The zero-order valence-corrected chi connectivity index (χ0v) is 23.8. The molecule has 0 saturated carbocycles. The molecule has 2 aromatic rings. The van der Waals surface area contributed by atoms with Crippen molar-refractivity contribution < 1.29 is 35.9 Å². The molecule has 1 aliphatic carbocycles. The largest absolute Gasteiger partial charge is 0.482 e. The van der Waals surface area contributed by atoms with Crippen molar-refractivity contribution in [2.24, 2.45) is 0 Å². The second kappa shape index (κ2) is 11.9. The SMILES string of the molecule is CC(C)Sc1cc(C(F)(F)F)cc(S(=O)(=O)CN[C@@H]2CCCc3c(OCC(=O)OC(C)(C)C)cccc32)c1. The summed E-state index contributed by atoms with van der Waals surface area (Å²) in [7, 11) is -4.07. The van der Waals surface area contributed by atoms with Gasteiger partial charge in [0.2, 0.25) is 0 Å². The first-order chi connectivity index (χ1) is 17.5. The van der Waals surface area contributed by atoms with E-state index in [1.807, 2.05) is 19.9 Å². The molecule has 0 unspecified atom stereocenters. The minimum absolute atomic E-state index is 0.0161. The van der Waals surface area contributed by atoms with E-state index >= 15 is 0 Å². The van der Waals surface area contributed by atoms with Crippen molar-refractivity contribution in [2.75, 3.05) is 12.5 Å². The first-order valence-corrected chi connectivity index (χ1v) is 14.9. The number of carbonyl (C=O) groups excluding carboxylic acids is 1. The first-order valence-electron chi connectivity index (χ1n) is 12.4. The molecule has 3 rings (SSSR count). The van der Waals surface area contributed by atoms with E-state index in [1.165, 1.54) is 17.8 Å². The van der Waals surface area contributed by atoms with Crippen LogP contribution in [0.2, 0.25) is 0 Å². The maximum absolute atomic E-state index is 13.5. The molecule has 1 aliphatic rings. The maximum Gasteiger partial charge on any atom is 0.416 e. The third-order valence-corrected chi connectivity index (χ3v) is 8.17. The molecule has 1 atom stereocenters. The molecule has 0 aliphatic heterocycles. The first kappa shape index (κ1) is 30.3. The van der Waals surface area contributed by atoms with E-state index in [0.717, 1.165) is 23.6 Å². The Kier molecular flexibility index (Phi) is 9.47. The van der Waals surface area contributed by atoms with Crippen molar-refractivity contribution >= 4 is 27.6 Å². The Morgan fingerprint density at radius 3 is 2.50 bits per heavy atom. The summed E-state index contributed by atoms with van der Waals surface area (Å²) in [6.45, 7) is 8.70. The van der Waals surface area contributed by atoms with Gasteiger partial charge in [0.25, 0.3) is 0 Å². The second-order valence-electron chi connectivity index (χ2n) is 10.5. The lowest BCUT2D eigenvalue weighted by Gasteiger charge is -2.28. The van der Waals surface area contributed by atoms with E-state index in [4.69, 9.17) is 9.47 Å². The van der Waals surface area contributed by atoms with Crippen molar-refractivity contribution in [1.29, 1.82) is 0 Å². The Balaban J connectivity index is 1.78. The van der Waals surface area contributed by atoms with Gasteiger partial charge in [-0.25, -0.2) is 13.2 Å². The Morgan fingerprint density at radius 1 is 1.16 bits per heavy atom. The average molecular weight is 574 g/mol. The average Bonchev–Trinajstić information content (AvgIpc) is 2.79. The van der Waals surface area contributed by atoms with Crippen LogP contribution >= 0.6 is 11.8 Å². The van der Waals surface area contributed by atoms with Gasteiger partial charge < -0.3 is 9.47 Å². The van der Waals surface area contributed by atoms with Crippen LogP contribution in [-0.4, -0.2) is 37.7 Å². The number of hydrogen-bond acceptors (Lipinski definition) is 7.